The molecular weight excluding hydrogens is 783 g/mol. The molecular formula is C64H43N. The minimum atomic E-state index is 1.10. The van der Waals surface area contributed by atoms with Crippen LogP contribution in [0.5, 0.6) is 0 Å². The summed E-state index contributed by atoms with van der Waals surface area (Å²) in [6, 6.07) is 95.4. The average Bonchev–Trinajstić information content (AvgIpc) is 3.39. The fraction of sp³-hybridized carbons (Fsp3) is 0. The summed E-state index contributed by atoms with van der Waals surface area (Å²) in [4.78, 5) is 2.35. The van der Waals surface area contributed by atoms with Crippen LogP contribution in [0.2, 0.25) is 0 Å². The molecule has 0 aromatic heterocycles. The minimum absolute atomic E-state index is 1.10. The van der Waals surface area contributed by atoms with Crippen LogP contribution < -0.4 is 4.90 Å². The van der Waals surface area contributed by atoms with Crippen LogP contribution in [0.25, 0.3) is 98.7 Å². The summed E-state index contributed by atoms with van der Waals surface area (Å²) in [5.74, 6) is 0. The lowest BCUT2D eigenvalue weighted by molar-refractivity contribution is 1.28. The molecule has 12 aromatic rings. The quantitative estimate of drug-likeness (QED) is 0.138. The monoisotopic (exact) mass is 825 g/mol. The van der Waals surface area contributed by atoms with Gasteiger partial charge in [0.2, 0.25) is 0 Å². The third-order valence-corrected chi connectivity index (χ3v) is 13.0. The number of hydrogen-bond acceptors (Lipinski definition) is 1. The van der Waals surface area contributed by atoms with Gasteiger partial charge in [-0.1, -0.05) is 188 Å². The van der Waals surface area contributed by atoms with Gasteiger partial charge in [0.25, 0.3) is 0 Å². The fourth-order valence-electron chi connectivity index (χ4n) is 9.67. The molecule has 1 nitrogen and oxygen atoms in total. The first-order chi connectivity index (χ1) is 32.2. The van der Waals surface area contributed by atoms with E-state index >= 15 is 0 Å². The number of hydrogen-bond donors (Lipinski definition) is 0. The van der Waals surface area contributed by atoms with Crippen molar-refractivity contribution in [3.8, 4) is 55.6 Å². The van der Waals surface area contributed by atoms with Crippen LogP contribution >= 0.6 is 0 Å². The van der Waals surface area contributed by atoms with Crippen LogP contribution in [0.4, 0.5) is 17.1 Å². The zero-order valence-corrected chi connectivity index (χ0v) is 35.8. The molecule has 0 aliphatic carbocycles. The molecule has 12 rings (SSSR count). The normalized spacial score (nSPS) is 11.4. The first-order valence-corrected chi connectivity index (χ1v) is 22.4. The third kappa shape index (κ3) is 7.30. The van der Waals surface area contributed by atoms with E-state index in [1.165, 1.54) is 87.6 Å². The van der Waals surface area contributed by atoms with Crippen molar-refractivity contribution in [2.24, 2.45) is 0 Å². The smallest absolute Gasteiger partial charge is 0.0473 e. The number of rotatable bonds is 8. The molecule has 0 aliphatic heterocycles. The molecule has 0 amide bonds. The molecule has 12 aromatic carbocycles. The third-order valence-electron chi connectivity index (χ3n) is 13.0. The molecule has 0 saturated carbocycles. The van der Waals surface area contributed by atoms with Crippen LogP contribution in [-0.4, -0.2) is 0 Å². The number of anilines is 3. The van der Waals surface area contributed by atoms with Gasteiger partial charge in [-0.2, -0.15) is 0 Å². The maximum atomic E-state index is 2.37. The molecule has 0 bridgehead atoms. The second-order valence-electron chi connectivity index (χ2n) is 17.0. The highest BCUT2D eigenvalue weighted by Gasteiger charge is 2.16. The van der Waals surface area contributed by atoms with E-state index in [1.807, 2.05) is 0 Å². The van der Waals surface area contributed by atoms with Crippen molar-refractivity contribution in [2.45, 2.75) is 0 Å². The zero-order chi connectivity index (χ0) is 43.1. The lowest BCUT2D eigenvalue weighted by atomic mass is 9.90. The Balaban J connectivity index is 0.985. The van der Waals surface area contributed by atoms with Gasteiger partial charge < -0.3 is 4.90 Å². The lowest BCUT2D eigenvalue weighted by Gasteiger charge is -2.26. The van der Waals surface area contributed by atoms with Crippen LogP contribution in [0.15, 0.2) is 261 Å². The van der Waals surface area contributed by atoms with E-state index in [4.69, 9.17) is 0 Å². The lowest BCUT2D eigenvalue weighted by Crippen LogP contribution is -2.10. The number of benzene rings is 12. The Hall–Kier alpha value is -8.52. The molecule has 0 fully saturated rings. The number of para-hydroxylation sites is 2. The standard InChI is InChI=1S/C64H43N/c1-4-14-44(15-5-1)56-41-57(43-60(42-56)65(58-18-6-2-7-19-58)59-20-8-3-9-21-59)46-26-24-45(25-27-46)53-38-54(49-32-34-63-51(36-49)30-28-47-16-10-12-22-61(47)63)40-55(39-53)50-33-35-64-52(37-50)31-29-48-17-11-13-23-62(48)64/h1-43H. The Bertz CT molecular complexity index is 3510. The molecule has 0 N–H and O–H groups in total. The summed E-state index contributed by atoms with van der Waals surface area (Å²) >= 11 is 0. The van der Waals surface area contributed by atoms with Gasteiger partial charge in [0, 0.05) is 17.1 Å². The maximum absolute atomic E-state index is 2.37. The predicted octanol–water partition coefficient (Wildman–Crippen LogP) is 18.1. The summed E-state index contributed by atoms with van der Waals surface area (Å²) in [6.07, 6.45) is 0. The van der Waals surface area contributed by atoms with Crippen molar-refractivity contribution in [1.29, 1.82) is 0 Å². The van der Waals surface area contributed by atoms with Gasteiger partial charge in [-0.3, -0.25) is 0 Å². The molecule has 0 spiro atoms. The van der Waals surface area contributed by atoms with E-state index in [2.05, 4.69) is 266 Å². The van der Waals surface area contributed by atoms with Gasteiger partial charge in [0.1, 0.15) is 0 Å². The summed E-state index contributed by atoms with van der Waals surface area (Å²) in [5.41, 5.74) is 15.1. The first kappa shape index (κ1) is 38.2. The largest absolute Gasteiger partial charge is 0.310 e. The van der Waals surface area contributed by atoms with Crippen molar-refractivity contribution in [3.63, 3.8) is 0 Å². The van der Waals surface area contributed by atoms with Gasteiger partial charge in [-0.25, -0.2) is 0 Å². The Morgan fingerprint density at radius 2 is 0.492 bits per heavy atom. The van der Waals surface area contributed by atoms with Crippen LogP contribution in [0, 0.1) is 0 Å². The van der Waals surface area contributed by atoms with Gasteiger partial charge in [0.15, 0.2) is 0 Å². The summed E-state index contributed by atoms with van der Waals surface area (Å²) < 4.78 is 0. The van der Waals surface area contributed by atoms with Gasteiger partial charge in [0.05, 0.1) is 0 Å². The SMILES string of the molecule is c1ccc(-c2cc(-c3ccc(-c4cc(-c5ccc6c(ccc7ccccc76)c5)cc(-c5ccc6c(ccc7ccccc76)c5)c4)cc3)cc(N(c3ccccc3)c3ccccc3)c2)cc1. The van der Waals surface area contributed by atoms with E-state index < -0.39 is 0 Å². The van der Waals surface area contributed by atoms with Crippen molar-refractivity contribution < 1.29 is 0 Å². The Labute approximate surface area is 379 Å². The van der Waals surface area contributed by atoms with Crippen molar-refractivity contribution in [2.75, 3.05) is 4.90 Å². The highest BCUT2D eigenvalue weighted by Crippen LogP contribution is 2.41. The van der Waals surface area contributed by atoms with Gasteiger partial charge in [-0.15, -0.1) is 0 Å². The molecule has 0 atom stereocenters. The van der Waals surface area contributed by atoms with Gasteiger partial charge in [-0.05, 0) is 172 Å². The number of nitrogens with zero attached hydrogens (tertiary/aromatic N) is 1. The molecule has 1 heteroatoms. The minimum Gasteiger partial charge on any atom is -0.310 e. The van der Waals surface area contributed by atoms with Gasteiger partial charge >= 0.3 is 0 Å². The predicted molar refractivity (Wildman–Crippen MR) is 278 cm³/mol. The Morgan fingerprint density at radius 3 is 0.954 bits per heavy atom. The summed E-state index contributed by atoms with van der Waals surface area (Å²) in [5, 5.41) is 10.1. The first-order valence-electron chi connectivity index (χ1n) is 22.4. The van der Waals surface area contributed by atoms with Crippen molar-refractivity contribution in [1.82, 2.24) is 0 Å². The van der Waals surface area contributed by atoms with E-state index in [0.29, 0.717) is 0 Å². The zero-order valence-electron chi connectivity index (χ0n) is 35.8. The van der Waals surface area contributed by atoms with Crippen LogP contribution in [-0.2, 0) is 0 Å². The fourth-order valence-corrected chi connectivity index (χ4v) is 9.67. The van der Waals surface area contributed by atoms with E-state index in [-0.39, 0.29) is 0 Å². The molecule has 0 unspecified atom stereocenters. The topological polar surface area (TPSA) is 3.24 Å². The Morgan fingerprint density at radius 1 is 0.169 bits per heavy atom. The van der Waals surface area contributed by atoms with E-state index in [1.54, 1.807) is 0 Å². The highest BCUT2D eigenvalue weighted by atomic mass is 15.1. The molecule has 0 radical (unpaired) electrons. The average molecular weight is 826 g/mol. The molecule has 0 heterocycles. The second kappa shape index (κ2) is 16.3. The molecule has 0 aliphatic rings. The molecule has 304 valence electrons. The second-order valence-corrected chi connectivity index (χ2v) is 17.0. The van der Waals surface area contributed by atoms with E-state index in [9.17, 15) is 0 Å². The molecule has 0 saturated heterocycles. The Kier molecular flexibility index (Phi) is 9.58. The van der Waals surface area contributed by atoms with Crippen molar-refractivity contribution >= 4 is 60.2 Å². The van der Waals surface area contributed by atoms with E-state index in [0.717, 1.165) is 28.2 Å². The van der Waals surface area contributed by atoms with Crippen LogP contribution in [0.1, 0.15) is 0 Å². The van der Waals surface area contributed by atoms with Crippen LogP contribution in [0.3, 0.4) is 0 Å². The molecule has 65 heavy (non-hydrogen) atoms. The summed E-state index contributed by atoms with van der Waals surface area (Å²) in [7, 11) is 0. The highest BCUT2D eigenvalue weighted by molar-refractivity contribution is 6.10. The number of fused-ring (bicyclic) bond motifs is 6. The summed E-state index contributed by atoms with van der Waals surface area (Å²) in [6.45, 7) is 0. The maximum Gasteiger partial charge on any atom is 0.0473 e. The van der Waals surface area contributed by atoms with Crippen molar-refractivity contribution in [3.05, 3.63) is 261 Å².